The number of rotatable bonds is 3. The molecule has 2 heteroatoms. The number of hydrogen-bond donors (Lipinski definition) is 0. The van der Waals surface area contributed by atoms with Crippen LogP contribution in [0.1, 0.15) is 0 Å². The van der Waals surface area contributed by atoms with E-state index in [1.165, 1.54) is 15.6 Å². The van der Waals surface area contributed by atoms with Crippen molar-refractivity contribution in [1.29, 1.82) is 0 Å². The van der Waals surface area contributed by atoms with Gasteiger partial charge >= 0.3 is 51.4 Å². The zero-order valence-electron chi connectivity index (χ0n) is 11.7. The standard InChI is InChI=1S/C18H15Si.K/c1-4-10-16(11-5-1)19(17-12-6-2-7-13-17)18-14-8-3-9-15-18;/h1-15H;/q-1;+1. The Balaban J connectivity index is 0.00000147. The van der Waals surface area contributed by atoms with Crippen LogP contribution >= 0.6 is 0 Å². The van der Waals surface area contributed by atoms with Gasteiger partial charge in [0.25, 0.3) is 0 Å². The van der Waals surface area contributed by atoms with Crippen molar-refractivity contribution >= 4 is 24.4 Å². The molecule has 0 heterocycles. The molecule has 0 aliphatic carbocycles. The molecule has 0 radical (unpaired) electrons. The van der Waals surface area contributed by atoms with Crippen molar-refractivity contribution in [2.45, 2.75) is 0 Å². The number of hydrogen-bond acceptors (Lipinski definition) is 0. The zero-order valence-corrected chi connectivity index (χ0v) is 15.8. The Morgan fingerprint density at radius 2 is 0.650 bits per heavy atom. The van der Waals surface area contributed by atoms with Gasteiger partial charge in [-0.3, -0.25) is 0 Å². The Labute approximate surface area is 164 Å². The maximum absolute atomic E-state index is 2.24. The van der Waals surface area contributed by atoms with E-state index < -0.39 is 8.80 Å². The van der Waals surface area contributed by atoms with Crippen molar-refractivity contribution in [3.63, 3.8) is 0 Å². The van der Waals surface area contributed by atoms with Crippen molar-refractivity contribution in [2.24, 2.45) is 0 Å². The average Bonchev–Trinajstić information content (AvgIpc) is 2.51. The van der Waals surface area contributed by atoms with Gasteiger partial charge < -0.3 is 0 Å². The second kappa shape index (κ2) is 8.08. The first kappa shape index (κ1) is 15.9. The van der Waals surface area contributed by atoms with Crippen LogP contribution in [0.25, 0.3) is 0 Å². The molecule has 0 spiro atoms. The average molecular weight is 299 g/mol. The minimum atomic E-state index is -0.877. The zero-order chi connectivity index (χ0) is 12.9. The van der Waals surface area contributed by atoms with Crippen LogP contribution < -0.4 is 66.9 Å². The van der Waals surface area contributed by atoms with Gasteiger partial charge in [-0.1, -0.05) is 91.0 Å². The second-order valence-electron chi connectivity index (χ2n) is 4.47. The van der Waals surface area contributed by atoms with Gasteiger partial charge in [0.15, 0.2) is 0 Å². The maximum Gasteiger partial charge on any atom is 1.00 e. The molecule has 0 aliphatic heterocycles. The molecule has 0 aromatic heterocycles. The van der Waals surface area contributed by atoms with E-state index in [9.17, 15) is 0 Å². The van der Waals surface area contributed by atoms with Crippen LogP contribution in [0.5, 0.6) is 0 Å². The van der Waals surface area contributed by atoms with Crippen molar-refractivity contribution in [3.8, 4) is 0 Å². The Morgan fingerprint density at radius 1 is 0.400 bits per heavy atom. The molecule has 0 nitrogen and oxygen atoms in total. The monoisotopic (exact) mass is 298 g/mol. The predicted octanol–water partition coefficient (Wildman–Crippen LogP) is -0.793. The summed E-state index contributed by atoms with van der Waals surface area (Å²) in [6, 6.07) is 32.5. The Morgan fingerprint density at radius 3 is 0.900 bits per heavy atom. The Kier molecular flexibility index (Phi) is 6.42. The summed E-state index contributed by atoms with van der Waals surface area (Å²) in [4.78, 5) is 0. The van der Waals surface area contributed by atoms with Gasteiger partial charge in [0.2, 0.25) is 0 Å². The first-order valence-electron chi connectivity index (χ1n) is 6.48. The molecule has 0 amide bonds. The van der Waals surface area contributed by atoms with Crippen LogP contribution in [0.15, 0.2) is 91.0 Å². The molecule has 0 aliphatic rings. The fraction of sp³-hybridized carbons (Fsp3) is 0. The van der Waals surface area contributed by atoms with E-state index in [4.69, 9.17) is 0 Å². The third-order valence-corrected chi connectivity index (χ3v) is 5.92. The molecule has 92 valence electrons. The molecule has 0 saturated carbocycles. The molecule has 0 N–H and O–H groups in total. The molecule has 3 aromatic carbocycles. The van der Waals surface area contributed by atoms with Crippen LogP contribution in [0.2, 0.25) is 0 Å². The summed E-state index contributed by atoms with van der Waals surface area (Å²) < 4.78 is 0. The van der Waals surface area contributed by atoms with E-state index in [-0.39, 0.29) is 51.4 Å². The molecule has 3 aromatic rings. The van der Waals surface area contributed by atoms with Gasteiger partial charge in [0.05, 0.1) is 0 Å². The van der Waals surface area contributed by atoms with Crippen LogP contribution in [0, 0.1) is 0 Å². The molecule has 0 atom stereocenters. The van der Waals surface area contributed by atoms with E-state index >= 15 is 0 Å². The summed E-state index contributed by atoms with van der Waals surface area (Å²) in [6.07, 6.45) is 0. The summed E-state index contributed by atoms with van der Waals surface area (Å²) in [5.74, 6) is 0. The summed E-state index contributed by atoms with van der Waals surface area (Å²) >= 11 is 0. The van der Waals surface area contributed by atoms with Crippen LogP contribution in [-0.4, -0.2) is 8.80 Å². The van der Waals surface area contributed by atoms with Crippen molar-refractivity contribution in [3.05, 3.63) is 91.0 Å². The van der Waals surface area contributed by atoms with E-state index in [0.29, 0.717) is 0 Å². The molecule has 20 heavy (non-hydrogen) atoms. The van der Waals surface area contributed by atoms with E-state index in [1.54, 1.807) is 0 Å². The molecule has 0 bridgehead atoms. The SMILES string of the molecule is [K+].c1ccc([Si-](c2ccccc2)c2ccccc2)cc1. The molecular formula is C18H15KSi. The Bertz CT molecular complexity index is 529. The molecule has 3 rings (SSSR count). The van der Waals surface area contributed by atoms with Crippen LogP contribution in [-0.2, 0) is 0 Å². The minimum absolute atomic E-state index is 0. The Hall–Kier alpha value is -0.487. The smallest absolute Gasteiger partial charge is 0.219 e. The van der Waals surface area contributed by atoms with Gasteiger partial charge in [-0.05, 0) is 0 Å². The second-order valence-corrected chi connectivity index (χ2v) is 6.96. The quantitative estimate of drug-likeness (QED) is 0.439. The summed E-state index contributed by atoms with van der Waals surface area (Å²) in [5.41, 5.74) is 0. The van der Waals surface area contributed by atoms with Crippen molar-refractivity contribution in [2.75, 3.05) is 0 Å². The largest absolute Gasteiger partial charge is 1.00 e. The fourth-order valence-corrected chi connectivity index (χ4v) is 4.89. The summed E-state index contributed by atoms with van der Waals surface area (Å²) in [7, 11) is -0.877. The van der Waals surface area contributed by atoms with Gasteiger partial charge in [-0.15, -0.1) is 0 Å². The van der Waals surface area contributed by atoms with E-state index in [2.05, 4.69) is 91.0 Å². The third kappa shape index (κ3) is 3.79. The molecule has 0 unspecified atom stereocenters. The van der Waals surface area contributed by atoms with Gasteiger partial charge in [-0.25, -0.2) is 8.80 Å². The third-order valence-electron chi connectivity index (χ3n) is 3.19. The van der Waals surface area contributed by atoms with Crippen molar-refractivity contribution in [1.82, 2.24) is 0 Å². The van der Waals surface area contributed by atoms with Crippen LogP contribution in [0.3, 0.4) is 0 Å². The first-order valence-corrected chi connectivity index (χ1v) is 7.98. The van der Waals surface area contributed by atoms with Crippen molar-refractivity contribution < 1.29 is 51.4 Å². The summed E-state index contributed by atoms with van der Waals surface area (Å²) in [5, 5.41) is 4.31. The number of benzene rings is 3. The predicted molar refractivity (Wildman–Crippen MR) is 84.0 cm³/mol. The van der Waals surface area contributed by atoms with E-state index in [0.717, 1.165) is 0 Å². The normalized spacial score (nSPS) is 9.60. The molecule has 0 fully saturated rings. The van der Waals surface area contributed by atoms with Gasteiger partial charge in [0.1, 0.15) is 0 Å². The molecule has 0 saturated heterocycles. The maximum atomic E-state index is 2.24. The van der Waals surface area contributed by atoms with Gasteiger partial charge in [0, 0.05) is 0 Å². The minimum Gasteiger partial charge on any atom is -0.219 e. The first-order chi connectivity index (χ1) is 9.45. The van der Waals surface area contributed by atoms with E-state index in [1.807, 2.05) is 0 Å². The van der Waals surface area contributed by atoms with Crippen LogP contribution in [0.4, 0.5) is 0 Å². The fourth-order valence-electron chi connectivity index (χ4n) is 2.31. The summed E-state index contributed by atoms with van der Waals surface area (Å²) in [6.45, 7) is 0. The van der Waals surface area contributed by atoms with Gasteiger partial charge in [-0.2, -0.15) is 15.6 Å². The molecular weight excluding hydrogens is 283 g/mol. The topological polar surface area (TPSA) is 0 Å².